The van der Waals surface area contributed by atoms with Crippen molar-refractivity contribution in [2.45, 2.75) is 25.7 Å². The molecule has 3 heteroatoms. The summed E-state index contributed by atoms with van der Waals surface area (Å²) in [5.41, 5.74) is 7.47. The topological polar surface area (TPSA) is 63.3 Å². The second-order valence-corrected chi connectivity index (χ2v) is 3.78. The lowest BCUT2D eigenvalue weighted by atomic mass is 10.1. The number of benzene rings is 1. The highest BCUT2D eigenvalue weighted by molar-refractivity contribution is 5.66. The smallest absolute Gasteiger partial charge is 0.303 e. The molecule has 3 N–H and O–H groups in total. The van der Waals surface area contributed by atoms with Crippen molar-refractivity contribution >= 4 is 5.97 Å². The number of carbonyl (C=O) groups is 1. The average Bonchev–Trinajstić information content (AvgIpc) is 2.31. The Bertz CT molecular complexity index is 412. The van der Waals surface area contributed by atoms with Crippen LogP contribution in [0.1, 0.15) is 30.4 Å². The van der Waals surface area contributed by atoms with Crippen LogP contribution in [0.3, 0.4) is 0 Å². The van der Waals surface area contributed by atoms with E-state index in [1.165, 1.54) is 0 Å². The molecule has 0 amide bonds. The average molecular weight is 231 g/mol. The second kappa shape index (κ2) is 7.48. The lowest BCUT2D eigenvalue weighted by molar-refractivity contribution is -0.137. The fraction of sp³-hybridized carbons (Fsp3) is 0.357. The van der Waals surface area contributed by atoms with Crippen LogP contribution in [0, 0.1) is 11.8 Å². The summed E-state index contributed by atoms with van der Waals surface area (Å²) in [6.07, 6.45) is 2.40. The van der Waals surface area contributed by atoms with Crippen LogP contribution >= 0.6 is 0 Å². The molecule has 0 radical (unpaired) electrons. The summed E-state index contributed by atoms with van der Waals surface area (Å²) >= 11 is 0. The summed E-state index contributed by atoms with van der Waals surface area (Å²) in [6.45, 7) is 0.584. The molecule has 0 fully saturated rings. The molecule has 0 aromatic heterocycles. The summed E-state index contributed by atoms with van der Waals surface area (Å²) in [4.78, 5) is 10.4. The molecule has 0 aliphatic heterocycles. The van der Waals surface area contributed by atoms with Gasteiger partial charge in [-0.2, -0.15) is 0 Å². The standard InChI is InChI=1S/C14H17NO2/c15-11-2-1-4-12-7-9-13(10-8-12)5-3-6-14(16)17/h7-10H,2-3,5-6,11,15H2,(H,16,17). The zero-order chi connectivity index (χ0) is 12.5. The third kappa shape index (κ3) is 5.74. The van der Waals surface area contributed by atoms with Crippen LogP contribution in [0.4, 0.5) is 0 Å². The van der Waals surface area contributed by atoms with E-state index >= 15 is 0 Å². The molecule has 1 rings (SSSR count). The molecule has 0 unspecified atom stereocenters. The number of carboxylic acids is 1. The molecule has 0 heterocycles. The Balaban J connectivity index is 2.45. The Kier molecular flexibility index (Phi) is 5.84. The van der Waals surface area contributed by atoms with E-state index in [9.17, 15) is 4.79 Å². The predicted molar refractivity (Wildman–Crippen MR) is 67.6 cm³/mol. The number of nitrogens with two attached hydrogens (primary N) is 1. The monoisotopic (exact) mass is 231 g/mol. The molecule has 0 aliphatic rings. The van der Waals surface area contributed by atoms with Crippen LogP contribution in [0.5, 0.6) is 0 Å². The number of aryl methyl sites for hydroxylation is 1. The van der Waals surface area contributed by atoms with E-state index in [1.807, 2.05) is 24.3 Å². The molecule has 0 saturated heterocycles. The maximum Gasteiger partial charge on any atom is 0.303 e. The van der Waals surface area contributed by atoms with Crippen molar-refractivity contribution in [3.63, 3.8) is 0 Å². The Morgan fingerprint density at radius 2 is 2.00 bits per heavy atom. The fourth-order valence-electron chi connectivity index (χ4n) is 1.44. The van der Waals surface area contributed by atoms with Crippen LogP contribution in [-0.4, -0.2) is 17.6 Å². The van der Waals surface area contributed by atoms with E-state index in [0.717, 1.165) is 17.5 Å². The molecule has 0 aliphatic carbocycles. The Hall–Kier alpha value is -1.79. The highest BCUT2D eigenvalue weighted by Gasteiger charge is 1.98. The van der Waals surface area contributed by atoms with Gasteiger partial charge in [-0.25, -0.2) is 0 Å². The van der Waals surface area contributed by atoms with Crippen LogP contribution in [-0.2, 0) is 11.2 Å². The van der Waals surface area contributed by atoms with Crippen LogP contribution in [0.15, 0.2) is 24.3 Å². The first-order valence-corrected chi connectivity index (χ1v) is 5.72. The molecule has 0 atom stereocenters. The van der Waals surface area contributed by atoms with Crippen LogP contribution in [0.25, 0.3) is 0 Å². The zero-order valence-electron chi connectivity index (χ0n) is 9.78. The normalized spacial score (nSPS) is 9.47. The van der Waals surface area contributed by atoms with Gasteiger partial charge in [-0.15, -0.1) is 0 Å². The van der Waals surface area contributed by atoms with Crippen molar-refractivity contribution in [2.75, 3.05) is 6.54 Å². The van der Waals surface area contributed by atoms with Gasteiger partial charge in [0.1, 0.15) is 0 Å². The molecule has 1 aromatic carbocycles. The Morgan fingerprint density at radius 1 is 1.29 bits per heavy atom. The molecule has 3 nitrogen and oxygen atoms in total. The second-order valence-electron chi connectivity index (χ2n) is 3.78. The number of hydrogen-bond acceptors (Lipinski definition) is 2. The maximum atomic E-state index is 10.4. The molecular formula is C14H17NO2. The van der Waals surface area contributed by atoms with Crippen molar-refractivity contribution < 1.29 is 9.90 Å². The van der Waals surface area contributed by atoms with Gasteiger partial charge < -0.3 is 10.8 Å². The van der Waals surface area contributed by atoms with Crippen LogP contribution in [0.2, 0.25) is 0 Å². The van der Waals surface area contributed by atoms with Gasteiger partial charge in [-0.3, -0.25) is 4.79 Å². The molecule has 17 heavy (non-hydrogen) atoms. The van der Waals surface area contributed by atoms with Gasteiger partial charge in [0.15, 0.2) is 0 Å². The van der Waals surface area contributed by atoms with Crippen LogP contribution < -0.4 is 5.73 Å². The van der Waals surface area contributed by atoms with Gasteiger partial charge in [0.2, 0.25) is 0 Å². The lowest BCUT2D eigenvalue weighted by Crippen LogP contribution is -1.96. The zero-order valence-corrected chi connectivity index (χ0v) is 9.78. The molecular weight excluding hydrogens is 214 g/mol. The Morgan fingerprint density at radius 3 is 2.59 bits per heavy atom. The van der Waals surface area contributed by atoms with E-state index in [2.05, 4.69) is 11.8 Å². The minimum atomic E-state index is -0.741. The van der Waals surface area contributed by atoms with Gasteiger partial charge in [-0.05, 0) is 30.5 Å². The fourth-order valence-corrected chi connectivity index (χ4v) is 1.44. The van der Waals surface area contributed by atoms with Gasteiger partial charge >= 0.3 is 5.97 Å². The van der Waals surface area contributed by atoms with Crippen molar-refractivity contribution in [1.82, 2.24) is 0 Å². The van der Waals surface area contributed by atoms with Gasteiger partial charge in [-0.1, -0.05) is 24.0 Å². The third-order valence-corrected chi connectivity index (χ3v) is 2.31. The first-order valence-electron chi connectivity index (χ1n) is 5.72. The summed E-state index contributed by atoms with van der Waals surface area (Å²) in [7, 11) is 0. The van der Waals surface area contributed by atoms with Crippen molar-refractivity contribution in [3.05, 3.63) is 35.4 Å². The van der Waals surface area contributed by atoms with E-state index in [-0.39, 0.29) is 6.42 Å². The predicted octanol–water partition coefficient (Wildman–Crippen LogP) is 1.79. The first kappa shape index (κ1) is 13.3. The van der Waals surface area contributed by atoms with Gasteiger partial charge in [0, 0.05) is 24.9 Å². The highest BCUT2D eigenvalue weighted by atomic mass is 16.4. The minimum Gasteiger partial charge on any atom is -0.481 e. The summed E-state index contributed by atoms with van der Waals surface area (Å²) in [6, 6.07) is 7.90. The molecule has 0 spiro atoms. The number of aliphatic carboxylic acids is 1. The largest absolute Gasteiger partial charge is 0.481 e. The maximum absolute atomic E-state index is 10.4. The van der Waals surface area contributed by atoms with Gasteiger partial charge in [0.25, 0.3) is 0 Å². The van der Waals surface area contributed by atoms with E-state index in [4.69, 9.17) is 10.8 Å². The lowest BCUT2D eigenvalue weighted by Gasteiger charge is -1.99. The number of rotatable bonds is 5. The molecule has 0 saturated carbocycles. The Labute approximate surface area is 102 Å². The minimum absolute atomic E-state index is 0.220. The number of hydrogen-bond donors (Lipinski definition) is 2. The van der Waals surface area contributed by atoms with Crippen molar-refractivity contribution in [3.8, 4) is 11.8 Å². The summed E-state index contributed by atoms with van der Waals surface area (Å²) in [5, 5.41) is 8.53. The first-order chi connectivity index (χ1) is 8.22. The van der Waals surface area contributed by atoms with E-state index in [0.29, 0.717) is 19.4 Å². The third-order valence-electron chi connectivity index (χ3n) is 2.31. The molecule has 0 bridgehead atoms. The SMILES string of the molecule is NCCC#Cc1ccc(CCCC(=O)O)cc1. The quantitative estimate of drug-likeness (QED) is 0.759. The summed E-state index contributed by atoms with van der Waals surface area (Å²) in [5.74, 6) is 5.26. The number of carboxylic acid groups (broad SMARTS) is 1. The molecule has 1 aromatic rings. The molecule has 90 valence electrons. The highest BCUT2D eigenvalue weighted by Crippen LogP contribution is 2.07. The van der Waals surface area contributed by atoms with Crippen molar-refractivity contribution in [1.29, 1.82) is 0 Å². The van der Waals surface area contributed by atoms with Gasteiger partial charge in [0.05, 0.1) is 0 Å². The van der Waals surface area contributed by atoms with E-state index in [1.54, 1.807) is 0 Å². The van der Waals surface area contributed by atoms with E-state index < -0.39 is 5.97 Å². The van der Waals surface area contributed by atoms with Crippen molar-refractivity contribution in [2.24, 2.45) is 5.73 Å². The summed E-state index contributed by atoms with van der Waals surface area (Å²) < 4.78 is 0.